The van der Waals surface area contributed by atoms with Crippen LogP contribution in [0.15, 0.2) is 4.99 Å². The van der Waals surface area contributed by atoms with Crippen LogP contribution >= 0.6 is 12.2 Å². The first-order chi connectivity index (χ1) is 5.40. The molecule has 2 heteroatoms. The van der Waals surface area contributed by atoms with Crippen LogP contribution in [-0.4, -0.2) is 11.7 Å². The Labute approximate surface area is 72.9 Å². The van der Waals surface area contributed by atoms with Gasteiger partial charge in [-0.3, -0.25) is 0 Å². The number of fused-ring (bicyclic) bond motifs is 2. The van der Waals surface area contributed by atoms with E-state index in [1.807, 2.05) is 0 Å². The smallest absolute Gasteiger partial charge is 0.0585 e. The van der Waals surface area contributed by atoms with E-state index in [1.165, 1.54) is 25.7 Å². The molecule has 0 amide bonds. The van der Waals surface area contributed by atoms with Gasteiger partial charge < -0.3 is 0 Å². The van der Waals surface area contributed by atoms with E-state index in [0.717, 1.165) is 24.3 Å². The molecule has 0 radical (unpaired) electrons. The molecule has 2 saturated carbocycles. The van der Waals surface area contributed by atoms with E-state index in [9.17, 15) is 0 Å². The summed E-state index contributed by atoms with van der Waals surface area (Å²) < 4.78 is 0. The van der Waals surface area contributed by atoms with Crippen LogP contribution in [0.2, 0.25) is 0 Å². The lowest BCUT2D eigenvalue weighted by Crippen LogP contribution is -2.12. The summed E-state index contributed by atoms with van der Waals surface area (Å²) in [7, 11) is 0. The number of hydrogen-bond donors (Lipinski definition) is 0. The minimum absolute atomic E-state index is 0.851. The van der Waals surface area contributed by atoms with E-state index < -0.39 is 0 Å². The molecule has 2 aliphatic carbocycles. The molecule has 3 atom stereocenters. The molecule has 11 heavy (non-hydrogen) atoms. The Hall–Kier alpha value is -0.200. The van der Waals surface area contributed by atoms with Gasteiger partial charge in [0.25, 0.3) is 0 Å². The van der Waals surface area contributed by atoms with Crippen LogP contribution < -0.4 is 0 Å². The van der Waals surface area contributed by atoms with Gasteiger partial charge in [-0.15, -0.1) is 0 Å². The summed E-state index contributed by atoms with van der Waals surface area (Å²) in [5, 5.41) is 2.46. The van der Waals surface area contributed by atoms with Crippen molar-refractivity contribution < 1.29 is 0 Å². The number of nitrogens with zero attached hydrogens (tertiary/aromatic N) is 1. The minimum Gasteiger partial charge on any atom is -0.232 e. The van der Waals surface area contributed by atoms with Gasteiger partial charge >= 0.3 is 0 Å². The molecule has 0 aromatic carbocycles. The summed E-state index contributed by atoms with van der Waals surface area (Å²) in [6.07, 6.45) is 5.80. The maximum atomic E-state index is 4.56. The molecule has 2 aliphatic rings. The number of isothiocyanates is 1. The van der Waals surface area contributed by atoms with E-state index in [4.69, 9.17) is 0 Å². The second-order valence-electron chi connectivity index (χ2n) is 3.87. The van der Waals surface area contributed by atoms with Crippen LogP contribution in [-0.2, 0) is 0 Å². The molecule has 0 saturated heterocycles. The van der Waals surface area contributed by atoms with Crippen LogP contribution in [0.1, 0.15) is 25.7 Å². The lowest BCUT2D eigenvalue weighted by molar-refractivity contribution is 0.342. The normalized spacial score (nSPS) is 40.5. The first-order valence-electron chi connectivity index (χ1n) is 4.44. The standard InChI is InChI=1S/C9H13NS/c11-6-10-5-9-4-7-1-2-8(9)3-7/h7-9H,1-5H2. The lowest BCUT2D eigenvalue weighted by Gasteiger charge is -2.18. The van der Waals surface area contributed by atoms with E-state index in [0.29, 0.717) is 0 Å². The molecular formula is C9H13NS. The third-order valence-corrected chi connectivity index (χ3v) is 3.40. The maximum Gasteiger partial charge on any atom is 0.0585 e. The first kappa shape index (κ1) is 7.45. The molecule has 60 valence electrons. The van der Waals surface area contributed by atoms with Gasteiger partial charge in [-0.1, -0.05) is 6.42 Å². The van der Waals surface area contributed by atoms with Gasteiger partial charge in [-0.05, 0) is 49.2 Å². The van der Waals surface area contributed by atoms with Crippen molar-refractivity contribution in [2.45, 2.75) is 25.7 Å². The van der Waals surface area contributed by atoms with Crippen LogP contribution in [0, 0.1) is 17.8 Å². The van der Waals surface area contributed by atoms with Crippen molar-refractivity contribution in [1.82, 2.24) is 0 Å². The fourth-order valence-corrected chi connectivity index (χ4v) is 2.83. The van der Waals surface area contributed by atoms with Crippen LogP contribution in [0.5, 0.6) is 0 Å². The predicted molar refractivity (Wildman–Crippen MR) is 48.8 cm³/mol. The minimum atomic E-state index is 0.851. The highest BCUT2D eigenvalue weighted by Gasteiger charge is 2.38. The van der Waals surface area contributed by atoms with Gasteiger partial charge in [0.1, 0.15) is 0 Å². The highest BCUT2D eigenvalue weighted by molar-refractivity contribution is 7.78. The molecule has 0 aromatic heterocycles. The van der Waals surface area contributed by atoms with Crippen molar-refractivity contribution in [2.75, 3.05) is 6.54 Å². The summed E-state index contributed by atoms with van der Waals surface area (Å²) in [4.78, 5) is 4.04. The molecule has 0 N–H and O–H groups in total. The second-order valence-corrected chi connectivity index (χ2v) is 4.05. The molecule has 0 aliphatic heterocycles. The largest absolute Gasteiger partial charge is 0.232 e. The molecule has 0 heterocycles. The van der Waals surface area contributed by atoms with Gasteiger partial charge in [-0.25, -0.2) is 4.99 Å². The summed E-state index contributed by atoms with van der Waals surface area (Å²) in [6, 6.07) is 0. The Bertz CT molecular complexity index is 196. The van der Waals surface area contributed by atoms with E-state index in [-0.39, 0.29) is 0 Å². The highest BCUT2D eigenvalue weighted by atomic mass is 32.1. The Kier molecular flexibility index (Phi) is 2.06. The van der Waals surface area contributed by atoms with Crippen molar-refractivity contribution in [1.29, 1.82) is 0 Å². The van der Waals surface area contributed by atoms with Crippen LogP contribution in [0.4, 0.5) is 0 Å². The number of hydrogen-bond acceptors (Lipinski definition) is 2. The van der Waals surface area contributed by atoms with Crippen molar-refractivity contribution in [3.8, 4) is 0 Å². The number of aliphatic imine (C=N–C) groups is 1. The molecular weight excluding hydrogens is 154 g/mol. The summed E-state index contributed by atoms with van der Waals surface area (Å²) in [6.45, 7) is 0.949. The van der Waals surface area contributed by atoms with Crippen LogP contribution in [0.3, 0.4) is 0 Å². The zero-order valence-corrected chi connectivity index (χ0v) is 7.44. The quantitative estimate of drug-likeness (QED) is 0.455. The summed E-state index contributed by atoms with van der Waals surface area (Å²) in [5.74, 6) is 2.86. The molecule has 2 fully saturated rings. The maximum absolute atomic E-state index is 4.56. The Balaban J connectivity index is 1.92. The first-order valence-corrected chi connectivity index (χ1v) is 4.84. The van der Waals surface area contributed by atoms with Crippen LogP contribution in [0.25, 0.3) is 0 Å². The summed E-state index contributed by atoms with van der Waals surface area (Å²) >= 11 is 4.56. The van der Waals surface area contributed by atoms with Crippen molar-refractivity contribution in [3.63, 3.8) is 0 Å². The topological polar surface area (TPSA) is 12.4 Å². The molecule has 2 bridgehead atoms. The Morgan fingerprint density at radius 2 is 2.27 bits per heavy atom. The van der Waals surface area contributed by atoms with E-state index in [1.54, 1.807) is 0 Å². The fraction of sp³-hybridized carbons (Fsp3) is 0.889. The predicted octanol–water partition coefficient (Wildman–Crippen LogP) is 2.53. The van der Waals surface area contributed by atoms with Gasteiger partial charge in [-0.2, -0.15) is 0 Å². The number of rotatable bonds is 2. The molecule has 2 rings (SSSR count). The van der Waals surface area contributed by atoms with Crippen molar-refractivity contribution in [3.05, 3.63) is 0 Å². The Morgan fingerprint density at radius 3 is 2.82 bits per heavy atom. The van der Waals surface area contributed by atoms with Crippen molar-refractivity contribution >= 4 is 17.4 Å². The average molecular weight is 167 g/mol. The molecule has 1 nitrogen and oxygen atoms in total. The van der Waals surface area contributed by atoms with E-state index in [2.05, 4.69) is 22.4 Å². The van der Waals surface area contributed by atoms with Gasteiger partial charge in [0.05, 0.1) is 11.7 Å². The SMILES string of the molecule is S=C=NCC1CC2CCC1C2. The zero-order chi connectivity index (χ0) is 7.68. The third-order valence-electron chi connectivity index (χ3n) is 3.27. The average Bonchev–Trinajstić information content (AvgIpc) is 2.60. The fourth-order valence-electron chi connectivity index (χ4n) is 2.75. The second kappa shape index (κ2) is 3.04. The zero-order valence-electron chi connectivity index (χ0n) is 6.62. The van der Waals surface area contributed by atoms with Crippen molar-refractivity contribution in [2.24, 2.45) is 22.7 Å². The monoisotopic (exact) mass is 167 g/mol. The van der Waals surface area contributed by atoms with Gasteiger partial charge in [0.2, 0.25) is 0 Å². The molecule has 3 unspecified atom stereocenters. The summed E-state index contributed by atoms with van der Waals surface area (Å²) in [5.41, 5.74) is 0. The van der Waals surface area contributed by atoms with Gasteiger partial charge in [0, 0.05) is 0 Å². The molecule has 0 aromatic rings. The Morgan fingerprint density at radius 1 is 1.36 bits per heavy atom. The van der Waals surface area contributed by atoms with Gasteiger partial charge in [0.15, 0.2) is 0 Å². The molecule has 0 spiro atoms. The highest BCUT2D eigenvalue weighted by Crippen LogP contribution is 2.48. The lowest BCUT2D eigenvalue weighted by atomic mass is 9.89. The third kappa shape index (κ3) is 1.38. The number of thiocarbonyl (C=S) groups is 1. The van der Waals surface area contributed by atoms with E-state index >= 15 is 0 Å².